The van der Waals surface area contributed by atoms with Crippen molar-refractivity contribution in [3.05, 3.63) is 24.0 Å². The highest BCUT2D eigenvalue weighted by molar-refractivity contribution is 6.28. The molecule has 0 aliphatic rings. The summed E-state index contributed by atoms with van der Waals surface area (Å²) in [6.07, 6.45) is 5.10. The first-order valence-electron chi connectivity index (χ1n) is 4.38. The van der Waals surface area contributed by atoms with Gasteiger partial charge < -0.3 is 4.74 Å². The minimum Gasteiger partial charge on any atom is -0.383 e. The second-order valence-corrected chi connectivity index (χ2v) is 3.26. The fraction of sp³-hybridized carbons (Fsp3) is 0.375. The molecule has 0 aliphatic carbocycles. The molecule has 6 nitrogen and oxygen atoms in total. The average molecular weight is 228 g/mol. The molecular formula is C8H10ClN5O. The van der Waals surface area contributed by atoms with Crippen LogP contribution < -0.4 is 0 Å². The van der Waals surface area contributed by atoms with Crippen LogP contribution in [0.1, 0.15) is 0 Å². The lowest BCUT2D eigenvalue weighted by Crippen LogP contribution is -2.04. The molecule has 2 heterocycles. The van der Waals surface area contributed by atoms with Crippen molar-refractivity contribution in [1.82, 2.24) is 24.5 Å². The summed E-state index contributed by atoms with van der Waals surface area (Å²) in [5.41, 5.74) is 0.834. The molecule has 15 heavy (non-hydrogen) atoms. The summed E-state index contributed by atoms with van der Waals surface area (Å²) in [6, 6.07) is 0. The monoisotopic (exact) mass is 227 g/mol. The minimum absolute atomic E-state index is 0.321. The summed E-state index contributed by atoms with van der Waals surface area (Å²) < 4.78 is 8.37. The van der Waals surface area contributed by atoms with Crippen LogP contribution in [0.15, 0.2) is 18.7 Å². The van der Waals surface area contributed by atoms with E-state index < -0.39 is 0 Å². The molecule has 0 saturated carbocycles. The summed E-state index contributed by atoms with van der Waals surface area (Å²) in [4.78, 5) is 0. The Morgan fingerprint density at radius 1 is 1.53 bits per heavy atom. The molecule has 0 N–H and O–H groups in total. The predicted octanol–water partition coefficient (Wildman–Crippen LogP) is 0.764. The van der Waals surface area contributed by atoms with Gasteiger partial charge >= 0.3 is 0 Å². The maximum atomic E-state index is 5.82. The van der Waals surface area contributed by atoms with E-state index in [1.807, 2.05) is 6.20 Å². The van der Waals surface area contributed by atoms with E-state index in [4.69, 9.17) is 16.3 Å². The summed E-state index contributed by atoms with van der Waals surface area (Å²) in [5, 5.41) is 11.8. The molecule has 0 aromatic carbocycles. The zero-order chi connectivity index (χ0) is 10.7. The first kappa shape index (κ1) is 10.1. The molecule has 0 unspecified atom stereocenters. The predicted molar refractivity (Wildman–Crippen MR) is 54.0 cm³/mol. The van der Waals surface area contributed by atoms with Crippen molar-refractivity contribution in [3.8, 4) is 5.69 Å². The van der Waals surface area contributed by atoms with Crippen molar-refractivity contribution in [3.63, 3.8) is 0 Å². The van der Waals surface area contributed by atoms with Gasteiger partial charge in [-0.1, -0.05) is 0 Å². The largest absolute Gasteiger partial charge is 0.383 e. The molecule has 0 aliphatic heterocycles. The van der Waals surface area contributed by atoms with Crippen molar-refractivity contribution in [2.75, 3.05) is 13.7 Å². The van der Waals surface area contributed by atoms with Crippen LogP contribution in [0, 0.1) is 0 Å². The van der Waals surface area contributed by atoms with Gasteiger partial charge in [0, 0.05) is 13.3 Å². The standard InChI is InChI=1S/C8H10ClN5O/c1-15-3-2-13-5-7(4-11-13)14-6-10-12-8(14)9/h4-6H,2-3H2,1H3. The van der Waals surface area contributed by atoms with Crippen LogP contribution in [0.5, 0.6) is 0 Å². The first-order valence-corrected chi connectivity index (χ1v) is 4.76. The lowest BCUT2D eigenvalue weighted by molar-refractivity contribution is 0.183. The van der Waals surface area contributed by atoms with Gasteiger partial charge in [0.2, 0.25) is 5.28 Å². The Bertz CT molecular complexity index is 438. The van der Waals surface area contributed by atoms with Crippen LogP contribution in [0.25, 0.3) is 5.69 Å². The van der Waals surface area contributed by atoms with Crippen LogP contribution in [0.4, 0.5) is 0 Å². The number of nitrogens with zero attached hydrogens (tertiary/aromatic N) is 5. The molecule has 80 valence electrons. The molecule has 0 amide bonds. The summed E-state index contributed by atoms with van der Waals surface area (Å²) in [6.45, 7) is 1.33. The van der Waals surface area contributed by atoms with Gasteiger partial charge in [-0.15, -0.1) is 10.2 Å². The summed E-state index contributed by atoms with van der Waals surface area (Å²) in [7, 11) is 1.65. The molecule has 0 bridgehead atoms. The van der Waals surface area contributed by atoms with Gasteiger partial charge in [0.1, 0.15) is 6.33 Å². The van der Waals surface area contributed by atoms with E-state index in [2.05, 4.69) is 15.3 Å². The Balaban J connectivity index is 2.17. The zero-order valence-electron chi connectivity index (χ0n) is 8.17. The number of halogens is 1. The van der Waals surface area contributed by atoms with Gasteiger partial charge in [0.15, 0.2) is 0 Å². The quantitative estimate of drug-likeness (QED) is 0.774. The van der Waals surface area contributed by atoms with Crippen molar-refractivity contribution >= 4 is 11.6 Å². The van der Waals surface area contributed by atoms with Gasteiger partial charge in [-0.2, -0.15) is 5.10 Å². The van der Waals surface area contributed by atoms with E-state index in [-0.39, 0.29) is 0 Å². The lowest BCUT2D eigenvalue weighted by atomic mass is 10.5. The SMILES string of the molecule is COCCn1cc(-n2cnnc2Cl)cn1. The molecule has 7 heteroatoms. The van der Waals surface area contributed by atoms with Crippen LogP contribution in [0.3, 0.4) is 0 Å². The van der Waals surface area contributed by atoms with Crippen molar-refractivity contribution in [2.24, 2.45) is 0 Å². The summed E-state index contributed by atoms with van der Waals surface area (Å²) in [5.74, 6) is 0. The number of ether oxygens (including phenoxy) is 1. The maximum absolute atomic E-state index is 5.82. The second-order valence-electron chi connectivity index (χ2n) is 2.92. The van der Waals surface area contributed by atoms with E-state index in [0.717, 1.165) is 5.69 Å². The van der Waals surface area contributed by atoms with Gasteiger partial charge in [-0.05, 0) is 11.6 Å². The zero-order valence-corrected chi connectivity index (χ0v) is 8.92. The number of aromatic nitrogens is 5. The third-order valence-corrected chi connectivity index (χ3v) is 2.19. The topological polar surface area (TPSA) is 57.8 Å². The highest BCUT2D eigenvalue weighted by Crippen LogP contribution is 2.11. The number of methoxy groups -OCH3 is 1. The van der Waals surface area contributed by atoms with E-state index in [0.29, 0.717) is 18.4 Å². The van der Waals surface area contributed by atoms with Crippen LogP contribution in [-0.4, -0.2) is 38.3 Å². The molecule has 0 fully saturated rings. The highest BCUT2D eigenvalue weighted by atomic mass is 35.5. The Kier molecular flexibility index (Phi) is 2.98. The molecular weight excluding hydrogens is 218 g/mol. The minimum atomic E-state index is 0.321. The fourth-order valence-corrected chi connectivity index (χ4v) is 1.36. The van der Waals surface area contributed by atoms with E-state index >= 15 is 0 Å². The van der Waals surface area contributed by atoms with E-state index in [1.165, 1.54) is 0 Å². The van der Waals surface area contributed by atoms with Crippen molar-refractivity contribution in [1.29, 1.82) is 0 Å². The van der Waals surface area contributed by atoms with E-state index in [1.54, 1.807) is 28.9 Å². The molecule has 0 radical (unpaired) electrons. The molecule has 0 spiro atoms. The fourth-order valence-electron chi connectivity index (χ4n) is 1.18. The number of rotatable bonds is 4. The molecule has 0 atom stereocenters. The van der Waals surface area contributed by atoms with Crippen LogP contribution >= 0.6 is 11.6 Å². The van der Waals surface area contributed by atoms with Crippen molar-refractivity contribution in [2.45, 2.75) is 6.54 Å². The maximum Gasteiger partial charge on any atom is 0.229 e. The third-order valence-electron chi connectivity index (χ3n) is 1.93. The third kappa shape index (κ3) is 2.16. The molecule has 2 aromatic heterocycles. The first-order chi connectivity index (χ1) is 7.31. The normalized spacial score (nSPS) is 10.8. The smallest absolute Gasteiger partial charge is 0.229 e. The summed E-state index contributed by atoms with van der Waals surface area (Å²) >= 11 is 5.82. The Hall–Kier alpha value is -1.40. The Morgan fingerprint density at radius 3 is 3.07 bits per heavy atom. The molecule has 0 saturated heterocycles. The van der Waals surface area contributed by atoms with Gasteiger partial charge in [-0.25, -0.2) is 0 Å². The van der Waals surface area contributed by atoms with Gasteiger partial charge in [0.05, 0.1) is 25.0 Å². The van der Waals surface area contributed by atoms with Crippen LogP contribution in [-0.2, 0) is 11.3 Å². The van der Waals surface area contributed by atoms with Gasteiger partial charge in [-0.3, -0.25) is 9.25 Å². The van der Waals surface area contributed by atoms with Crippen molar-refractivity contribution < 1.29 is 4.74 Å². The average Bonchev–Trinajstić information content (AvgIpc) is 2.83. The Labute approximate surface area is 91.4 Å². The van der Waals surface area contributed by atoms with Gasteiger partial charge in [0.25, 0.3) is 0 Å². The molecule has 2 rings (SSSR count). The number of hydrogen-bond donors (Lipinski definition) is 0. The Morgan fingerprint density at radius 2 is 2.40 bits per heavy atom. The lowest BCUT2D eigenvalue weighted by Gasteiger charge is -1.99. The number of hydrogen-bond acceptors (Lipinski definition) is 4. The van der Waals surface area contributed by atoms with E-state index in [9.17, 15) is 0 Å². The molecule has 2 aromatic rings. The second kappa shape index (κ2) is 4.41. The van der Waals surface area contributed by atoms with Crippen LogP contribution in [0.2, 0.25) is 5.28 Å². The highest BCUT2D eigenvalue weighted by Gasteiger charge is 2.05.